The van der Waals surface area contributed by atoms with Crippen LogP contribution in [-0.4, -0.2) is 4.98 Å². The monoisotopic (exact) mass is 363 g/mol. The Kier molecular flexibility index (Phi) is 7.49. The summed E-state index contributed by atoms with van der Waals surface area (Å²) >= 11 is 0. The number of hydrogen-bond donors (Lipinski definition) is 0. The standard InChI is InChI=1S/C13H12N.C13H11N/c1-3-7-13(8-4-1)9-12-14-10-5-2-6-11-14;1-2-6-12(7-3-1)9-10-13-8-4-5-11-14-13/h1-12H;1-11H/q+1;. The third-order valence-corrected chi connectivity index (χ3v) is 3.91. The molecule has 0 radical (unpaired) electrons. The second-order valence-corrected chi connectivity index (χ2v) is 6.05. The van der Waals surface area contributed by atoms with Crippen molar-refractivity contribution in [3.8, 4) is 0 Å². The zero-order valence-corrected chi connectivity index (χ0v) is 15.7. The maximum Gasteiger partial charge on any atom is 0.175 e. The van der Waals surface area contributed by atoms with Crippen LogP contribution in [-0.2, 0) is 0 Å². The summed E-state index contributed by atoms with van der Waals surface area (Å²) in [6.07, 6.45) is 14.0. The molecule has 0 atom stereocenters. The topological polar surface area (TPSA) is 16.8 Å². The largest absolute Gasteiger partial charge is 0.257 e. The fraction of sp³-hybridized carbons (Fsp3) is 0. The molecule has 0 fully saturated rings. The van der Waals surface area contributed by atoms with Gasteiger partial charge in [-0.05, 0) is 29.3 Å². The van der Waals surface area contributed by atoms with Crippen LogP contribution in [0.2, 0.25) is 0 Å². The van der Waals surface area contributed by atoms with Gasteiger partial charge in [-0.3, -0.25) is 4.98 Å². The molecule has 2 heteroatoms. The van der Waals surface area contributed by atoms with Gasteiger partial charge in [0.05, 0.1) is 5.69 Å². The number of hydrogen-bond acceptors (Lipinski definition) is 1. The summed E-state index contributed by atoms with van der Waals surface area (Å²) in [5, 5.41) is 0. The summed E-state index contributed by atoms with van der Waals surface area (Å²) < 4.78 is 2.02. The molecule has 0 spiro atoms. The predicted octanol–water partition coefficient (Wildman–Crippen LogP) is 5.85. The fourth-order valence-electron chi connectivity index (χ4n) is 2.47. The van der Waals surface area contributed by atoms with Crippen LogP contribution >= 0.6 is 0 Å². The lowest BCUT2D eigenvalue weighted by atomic mass is 10.2. The highest BCUT2D eigenvalue weighted by Gasteiger charge is 1.90. The van der Waals surface area contributed by atoms with Crippen LogP contribution in [0.3, 0.4) is 0 Å². The zero-order valence-electron chi connectivity index (χ0n) is 15.7. The summed E-state index contributed by atoms with van der Waals surface area (Å²) in [6.45, 7) is 0. The Morgan fingerprint density at radius 1 is 0.536 bits per heavy atom. The van der Waals surface area contributed by atoms with Gasteiger partial charge in [-0.15, -0.1) is 0 Å². The molecule has 2 aromatic carbocycles. The lowest BCUT2D eigenvalue weighted by Crippen LogP contribution is -2.23. The summed E-state index contributed by atoms with van der Waals surface area (Å²) in [7, 11) is 0. The summed E-state index contributed by atoms with van der Waals surface area (Å²) in [6, 6.07) is 32.4. The van der Waals surface area contributed by atoms with E-state index in [0.29, 0.717) is 0 Å². The SMILES string of the molecule is C(=C[n+]1ccccc1)c1ccccc1.C(=Cc1ccccn1)c1ccccc1. The normalized spacial score (nSPS) is 10.6. The number of rotatable bonds is 4. The first-order valence-electron chi connectivity index (χ1n) is 9.23. The molecule has 0 aliphatic rings. The van der Waals surface area contributed by atoms with Crippen LogP contribution in [0.1, 0.15) is 16.8 Å². The van der Waals surface area contributed by atoms with E-state index in [1.54, 1.807) is 6.20 Å². The molecule has 0 N–H and O–H groups in total. The Morgan fingerprint density at radius 2 is 1.11 bits per heavy atom. The summed E-state index contributed by atoms with van der Waals surface area (Å²) in [5.41, 5.74) is 3.39. The van der Waals surface area contributed by atoms with Crippen molar-refractivity contribution in [2.75, 3.05) is 0 Å². The molecule has 0 unspecified atom stereocenters. The lowest BCUT2D eigenvalue weighted by molar-refractivity contribution is -0.567. The van der Waals surface area contributed by atoms with Crippen molar-refractivity contribution in [2.24, 2.45) is 0 Å². The minimum Gasteiger partial charge on any atom is -0.257 e. The Morgan fingerprint density at radius 3 is 1.71 bits per heavy atom. The van der Waals surface area contributed by atoms with Crippen LogP contribution in [0.5, 0.6) is 0 Å². The van der Waals surface area contributed by atoms with Gasteiger partial charge in [0.15, 0.2) is 18.6 Å². The maximum absolute atomic E-state index is 4.21. The van der Waals surface area contributed by atoms with E-state index in [4.69, 9.17) is 0 Å². The van der Waals surface area contributed by atoms with E-state index in [1.165, 1.54) is 11.1 Å². The van der Waals surface area contributed by atoms with E-state index in [0.717, 1.165) is 5.69 Å². The molecule has 2 heterocycles. The number of benzene rings is 2. The molecule has 2 aromatic heterocycles. The lowest BCUT2D eigenvalue weighted by Gasteiger charge is -1.92. The van der Waals surface area contributed by atoms with Crippen molar-refractivity contribution in [3.05, 3.63) is 132 Å². The molecular weight excluding hydrogens is 340 g/mol. The maximum atomic E-state index is 4.21. The van der Waals surface area contributed by atoms with Crippen molar-refractivity contribution in [1.82, 2.24) is 4.98 Å². The third-order valence-electron chi connectivity index (χ3n) is 3.91. The first-order chi connectivity index (χ1) is 13.9. The van der Waals surface area contributed by atoms with Gasteiger partial charge < -0.3 is 0 Å². The highest BCUT2D eigenvalue weighted by Crippen LogP contribution is 2.05. The predicted molar refractivity (Wildman–Crippen MR) is 118 cm³/mol. The Bertz CT molecular complexity index is 810. The average molecular weight is 363 g/mol. The summed E-state index contributed by atoms with van der Waals surface area (Å²) in [5.74, 6) is 0. The third kappa shape index (κ3) is 6.85. The second kappa shape index (κ2) is 11.0. The van der Waals surface area contributed by atoms with E-state index < -0.39 is 0 Å². The molecule has 0 aliphatic heterocycles. The molecule has 0 aliphatic carbocycles. The smallest absolute Gasteiger partial charge is 0.175 e. The zero-order chi connectivity index (χ0) is 19.3. The van der Waals surface area contributed by atoms with Gasteiger partial charge >= 0.3 is 0 Å². The highest BCUT2D eigenvalue weighted by atomic mass is 14.9. The van der Waals surface area contributed by atoms with E-state index in [2.05, 4.69) is 41.4 Å². The fourth-order valence-corrected chi connectivity index (χ4v) is 2.47. The molecule has 136 valence electrons. The van der Waals surface area contributed by atoms with E-state index in [1.807, 2.05) is 102 Å². The van der Waals surface area contributed by atoms with E-state index >= 15 is 0 Å². The van der Waals surface area contributed by atoms with Crippen molar-refractivity contribution >= 4 is 24.4 Å². The van der Waals surface area contributed by atoms with Crippen LogP contribution < -0.4 is 4.57 Å². The van der Waals surface area contributed by atoms with Crippen LogP contribution in [0, 0.1) is 0 Å². The van der Waals surface area contributed by atoms with E-state index in [-0.39, 0.29) is 0 Å². The Hall–Kier alpha value is -3.78. The number of pyridine rings is 2. The van der Waals surface area contributed by atoms with Crippen molar-refractivity contribution in [2.45, 2.75) is 0 Å². The minimum absolute atomic E-state index is 0.983. The van der Waals surface area contributed by atoms with Crippen molar-refractivity contribution in [3.63, 3.8) is 0 Å². The Balaban J connectivity index is 0.000000161. The highest BCUT2D eigenvalue weighted by molar-refractivity contribution is 5.67. The molecule has 0 saturated heterocycles. The van der Waals surface area contributed by atoms with Gasteiger partial charge in [-0.1, -0.05) is 78.9 Å². The molecule has 0 amide bonds. The van der Waals surface area contributed by atoms with Gasteiger partial charge in [0.25, 0.3) is 0 Å². The Labute approximate surface area is 166 Å². The molecular formula is C26H23N2+. The molecule has 4 aromatic rings. The molecule has 4 rings (SSSR count). The van der Waals surface area contributed by atoms with E-state index in [9.17, 15) is 0 Å². The molecule has 0 saturated carbocycles. The average Bonchev–Trinajstić information content (AvgIpc) is 2.80. The molecule has 2 nitrogen and oxygen atoms in total. The quantitative estimate of drug-likeness (QED) is 0.415. The van der Waals surface area contributed by atoms with Gasteiger partial charge in [0, 0.05) is 24.4 Å². The van der Waals surface area contributed by atoms with Crippen LogP contribution in [0.4, 0.5) is 0 Å². The first-order valence-corrected chi connectivity index (χ1v) is 9.23. The first kappa shape index (κ1) is 19.0. The van der Waals surface area contributed by atoms with Crippen LogP contribution in [0.15, 0.2) is 116 Å². The van der Waals surface area contributed by atoms with Crippen molar-refractivity contribution in [1.29, 1.82) is 0 Å². The molecule has 28 heavy (non-hydrogen) atoms. The van der Waals surface area contributed by atoms with Gasteiger partial charge in [-0.2, -0.15) is 4.57 Å². The minimum atomic E-state index is 0.983. The summed E-state index contributed by atoms with van der Waals surface area (Å²) in [4.78, 5) is 4.21. The second-order valence-electron chi connectivity index (χ2n) is 6.05. The molecule has 0 bridgehead atoms. The number of nitrogens with zero attached hydrogens (tertiary/aromatic N) is 2. The van der Waals surface area contributed by atoms with Gasteiger partial charge in [0.1, 0.15) is 0 Å². The number of aromatic nitrogens is 2. The van der Waals surface area contributed by atoms with Crippen molar-refractivity contribution < 1.29 is 4.57 Å². The van der Waals surface area contributed by atoms with Gasteiger partial charge in [-0.25, -0.2) is 0 Å². The van der Waals surface area contributed by atoms with Crippen LogP contribution in [0.25, 0.3) is 24.4 Å². The van der Waals surface area contributed by atoms with Gasteiger partial charge in [0.2, 0.25) is 0 Å².